The van der Waals surface area contributed by atoms with E-state index in [1.807, 2.05) is 0 Å². The van der Waals surface area contributed by atoms with Crippen LogP contribution in [0.2, 0.25) is 0 Å². The third kappa shape index (κ3) is 4.29. The Balaban J connectivity index is 3.84. The molecular formula is C10H18O2. The molecule has 0 aromatic rings. The number of ketones is 1. The van der Waals surface area contributed by atoms with E-state index in [0.29, 0.717) is 6.42 Å². The normalized spacial score (nSPS) is 12.5. The van der Waals surface area contributed by atoms with E-state index in [1.54, 1.807) is 6.08 Å². The van der Waals surface area contributed by atoms with Gasteiger partial charge in [-0.2, -0.15) is 0 Å². The third-order valence-electron chi connectivity index (χ3n) is 1.97. The van der Waals surface area contributed by atoms with Crippen molar-refractivity contribution in [2.24, 2.45) is 5.92 Å². The average molecular weight is 170 g/mol. The Hall–Kier alpha value is -0.630. The Morgan fingerprint density at radius 3 is 2.75 bits per heavy atom. The van der Waals surface area contributed by atoms with Crippen molar-refractivity contribution in [3.63, 3.8) is 0 Å². The first kappa shape index (κ1) is 11.4. The Morgan fingerprint density at radius 2 is 2.33 bits per heavy atom. The molecule has 0 heterocycles. The highest BCUT2D eigenvalue weighted by atomic mass is 16.3. The van der Waals surface area contributed by atoms with E-state index in [4.69, 9.17) is 5.11 Å². The van der Waals surface area contributed by atoms with Crippen molar-refractivity contribution in [2.75, 3.05) is 6.61 Å². The van der Waals surface area contributed by atoms with Crippen LogP contribution >= 0.6 is 0 Å². The molecule has 0 amide bonds. The van der Waals surface area contributed by atoms with E-state index in [9.17, 15) is 4.79 Å². The molecule has 0 saturated carbocycles. The van der Waals surface area contributed by atoms with Crippen LogP contribution in [0.3, 0.4) is 0 Å². The molecule has 1 N–H and O–H groups in total. The zero-order chi connectivity index (χ0) is 9.40. The summed E-state index contributed by atoms with van der Waals surface area (Å²) in [5, 5.41) is 8.65. The Labute approximate surface area is 74.3 Å². The van der Waals surface area contributed by atoms with Crippen molar-refractivity contribution in [1.82, 2.24) is 0 Å². The average Bonchev–Trinajstić information content (AvgIpc) is 2.11. The third-order valence-corrected chi connectivity index (χ3v) is 1.97. The van der Waals surface area contributed by atoms with Gasteiger partial charge in [-0.15, -0.1) is 6.58 Å². The first-order valence-electron chi connectivity index (χ1n) is 4.50. The maximum absolute atomic E-state index is 11.1. The van der Waals surface area contributed by atoms with E-state index in [-0.39, 0.29) is 18.3 Å². The lowest BCUT2D eigenvalue weighted by Gasteiger charge is -2.10. The lowest BCUT2D eigenvalue weighted by Crippen LogP contribution is -2.17. The minimum Gasteiger partial charge on any atom is -0.389 e. The van der Waals surface area contributed by atoms with Gasteiger partial charge in [0.25, 0.3) is 0 Å². The number of rotatable bonds is 7. The van der Waals surface area contributed by atoms with Crippen molar-refractivity contribution < 1.29 is 9.90 Å². The molecule has 0 fully saturated rings. The zero-order valence-electron chi connectivity index (χ0n) is 7.75. The van der Waals surface area contributed by atoms with Crippen LogP contribution in [0.1, 0.15) is 32.6 Å². The number of hydrogen-bond acceptors (Lipinski definition) is 2. The smallest absolute Gasteiger partial charge is 0.161 e. The second-order valence-corrected chi connectivity index (χ2v) is 2.99. The topological polar surface area (TPSA) is 37.3 Å². The number of Topliss-reactive ketones (excluding diaryl/α,β-unsaturated/α-hetero) is 1. The van der Waals surface area contributed by atoms with Gasteiger partial charge in [0.15, 0.2) is 5.78 Å². The fraction of sp³-hybridized carbons (Fsp3) is 0.700. The summed E-state index contributed by atoms with van der Waals surface area (Å²) >= 11 is 0. The van der Waals surface area contributed by atoms with Gasteiger partial charge in [-0.3, -0.25) is 4.79 Å². The predicted octanol–water partition coefficient (Wildman–Crippen LogP) is 1.93. The van der Waals surface area contributed by atoms with Crippen molar-refractivity contribution in [3.8, 4) is 0 Å². The van der Waals surface area contributed by atoms with E-state index in [0.717, 1.165) is 19.3 Å². The first-order valence-corrected chi connectivity index (χ1v) is 4.50. The van der Waals surface area contributed by atoms with Gasteiger partial charge >= 0.3 is 0 Å². The standard InChI is InChI=1S/C10H18O2/c1-3-5-7-9(6-4-2)10(12)8-11/h4,9,11H,2-3,5-8H2,1H3. The highest BCUT2D eigenvalue weighted by Gasteiger charge is 2.14. The Bertz CT molecular complexity index is 141. The Morgan fingerprint density at radius 1 is 1.67 bits per heavy atom. The Kier molecular flexibility index (Phi) is 6.67. The van der Waals surface area contributed by atoms with Crippen molar-refractivity contribution >= 4 is 5.78 Å². The number of carbonyl (C=O) groups is 1. The van der Waals surface area contributed by atoms with Gasteiger partial charge in [0.2, 0.25) is 0 Å². The molecule has 0 aliphatic carbocycles. The van der Waals surface area contributed by atoms with E-state index >= 15 is 0 Å². The van der Waals surface area contributed by atoms with E-state index in [1.165, 1.54) is 0 Å². The van der Waals surface area contributed by atoms with Crippen LogP contribution in [-0.2, 0) is 4.79 Å². The van der Waals surface area contributed by atoms with Gasteiger partial charge < -0.3 is 5.11 Å². The van der Waals surface area contributed by atoms with Gasteiger partial charge in [0.1, 0.15) is 6.61 Å². The summed E-state index contributed by atoms with van der Waals surface area (Å²) in [6, 6.07) is 0. The quantitative estimate of drug-likeness (QED) is 0.593. The molecule has 0 aromatic carbocycles. The highest BCUT2D eigenvalue weighted by Crippen LogP contribution is 2.14. The zero-order valence-corrected chi connectivity index (χ0v) is 7.75. The number of allylic oxidation sites excluding steroid dienone is 1. The minimum atomic E-state index is -0.331. The summed E-state index contributed by atoms with van der Waals surface area (Å²) in [5.74, 6) is -0.0594. The minimum absolute atomic E-state index is 0.00699. The molecule has 0 radical (unpaired) electrons. The van der Waals surface area contributed by atoms with Crippen LogP contribution in [-0.4, -0.2) is 17.5 Å². The van der Waals surface area contributed by atoms with E-state index < -0.39 is 0 Å². The van der Waals surface area contributed by atoms with Crippen molar-refractivity contribution in [3.05, 3.63) is 12.7 Å². The summed E-state index contributed by atoms with van der Waals surface area (Å²) < 4.78 is 0. The number of carbonyl (C=O) groups excluding carboxylic acids is 1. The van der Waals surface area contributed by atoms with Gasteiger partial charge in [-0.25, -0.2) is 0 Å². The van der Waals surface area contributed by atoms with Crippen molar-refractivity contribution in [1.29, 1.82) is 0 Å². The molecule has 0 rings (SSSR count). The largest absolute Gasteiger partial charge is 0.389 e. The molecule has 0 saturated heterocycles. The molecular weight excluding hydrogens is 152 g/mol. The highest BCUT2D eigenvalue weighted by molar-refractivity contribution is 5.82. The monoisotopic (exact) mass is 170 g/mol. The second-order valence-electron chi connectivity index (χ2n) is 2.99. The molecule has 12 heavy (non-hydrogen) atoms. The first-order chi connectivity index (χ1) is 5.76. The number of unbranched alkanes of at least 4 members (excludes halogenated alkanes) is 1. The van der Waals surface area contributed by atoms with Crippen LogP contribution < -0.4 is 0 Å². The van der Waals surface area contributed by atoms with Crippen LogP contribution in [0.15, 0.2) is 12.7 Å². The van der Waals surface area contributed by atoms with Gasteiger partial charge in [0, 0.05) is 5.92 Å². The maximum atomic E-state index is 11.1. The van der Waals surface area contributed by atoms with E-state index in [2.05, 4.69) is 13.5 Å². The maximum Gasteiger partial charge on any atom is 0.161 e. The molecule has 0 aliphatic rings. The second kappa shape index (κ2) is 7.04. The van der Waals surface area contributed by atoms with Crippen LogP contribution in [0, 0.1) is 5.92 Å². The lowest BCUT2D eigenvalue weighted by atomic mass is 9.94. The predicted molar refractivity (Wildman–Crippen MR) is 49.9 cm³/mol. The SMILES string of the molecule is C=CCC(CCCC)C(=O)CO. The van der Waals surface area contributed by atoms with Gasteiger partial charge in [-0.05, 0) is 12.8 Å². The molecule has 1 atom stereocenters. The molecule has 0 aliphatic heterocycles. The van der Waals surface area contributed by atoms with Crippen LogP contribution in [0.4, 0.5) is 0 Å². The molecule has 1 unspecified atom stereocenters. The summed E-state index contributed by atoms with van der Waals surface area (Å²) in [5.41, 5.74) is 0. The van der Waals surface area contributed by atoms with Gasteiger partial charge in [-0.1, -0.05) is 25.8 Å². The molecule has 2 nitrogen and oxygen atoms in total. The fourth-order valence-electron chi connectivity index (χ4n) is 1.19. The van der Waals surface area contributed by atoms with Crippen molar-refractivity contribution in [2.45, 2.75) is 32.6 Å². The summed E-state index contributed by atoms with van der Waals surface area (Å²) in [7, 11) is 0. The summed E-state index contributed by atoms with van der Waals surface area (Å²) in [4.78, 5) is 11.1. The summed E-state index contributed by atoms with van der Waals surface area (Å²) in [6.45, 7) is 5.35. The number of aliphatic hydroxyl groups excluding tert-OH is 1. The number of aliphatic hydroxyl groups is 1. The summed E-state index contributed by atoms with van der Waals surface area (Å²) in [6.07, 6.45) is 5.45. The molecule has 0 bridgehead atoms. The molecule has 2 heteroatoms. The number of hydrogen-bond donors (Lipinski definition) is 1. The fourth-order valence-corrected chi connectivity index (χ4v) is 1.19. The molecule has 0 aromatic heterocycles. The van der Waals surface area contributed by atoms with Crippen LogP contribution in [0.5, 0.6) is 0 Å². The molecule has 70 valence electrons. The lowest BCUT2D eigenvalue weighted by molar-refractivity contribution is -0.125. The van der Waals surface area contributed by atoms with Crippen LogP contribution in [0.25, 0.3) is 0 Å². The molecule has 0 spiro atoms. The van der Waals surface area contributed by atoms with Gasteiger partial charge in [0.05, 0.1) is 0 Å².